The zero-order valence-electron chi connectivity index (χ0n) is 17.9. The van der Waals surface area contributed by atoms with Crippen LogP contribution >= 0.6 is 0 Å². The van der Waals surface area contributed by atoms with Crippen molar-refractivity contribution in [3.05, 3.63) is 65.5 Å². The van der Waals surface area contributed by atoms with Gasteiger partial charge in [0.2, 0.25) is 5.91 Å². The fraction of sp³-hybridized carbons (Fsp3) is 0.440. The minimum Gasteiger partial charge on any atom is -0.496 e. The third kappa shape index (κ3) is 4.58. The van der Waals surface area contributed by atoms with E-state index in [1.807, 2.05) is 24.3 Å². The molecule has 0 unspecified atom stereocenters. The Hall–Kier alpha value is -2.89. The number of benzene rings is 2. The summed E-state index contributed by atoms with van der Waals surface area (Å²) in [5.41, 5.74) is 1.47. The summed E-state index contributed by atoms with van der Waals surface area (Å²) in [6, 6.07) is 12.7. The van der Waals surface area contributed by atoms with E-state index in [-0.39, 0.29) is 36.8 Å². The molecule has 0 spiro atoms. The van der Waals surface area contributed by atoms with E-state index in [9.17, 15) is 14.0 Å². The number of halogens is 1. The molecule has 2 aromatic rings. The van der Waals surface area contributed by atoms with Crippen molar-refractivity contribution in [1.82, 2.24) is 9.80 Å². The Labute approximate surface area is 182 Å². The number of hydrogen-bond donors (Lipinski definition) is 0. The lowest BCUT2D eigenvalue weighted by molar-refractivity contribution is -0.159. The lowest BCUT2D eigenvalue weighted by Gasteiger charge is -2.43. The second-order valence-electron chi connectivity index (χ2n) is 8.40. The Balaban J connectivity index is 1.68. The maximum Gasteiger partial charge on any atom is 0.250 e. The molecule has 1 aliphatic heterocycles. The second-order valence-corrected chi connectivity index (χ2v) is 8.40. The van der Waals surface area contributed by atoms with Gasteiger partial charge in [-0.2, -0.15) is 0 Å². The van der Waals surface area contributed by atoms with Crippen LogP contribution in [-0.4, -0.2) is 41.3 Å². The molecule has 1 heterocycles. The number of methoxy groups -OCH3 is 1. The molecule has 2 amide bonds. The molecule has 2 fully saturated rings. The zero-order chi connectivity index (χ0) is 21.8. The molecule has 5 nitrogen and oxygen atoms in total. The van der Waals surface area contributed by atoms with Crippen LogP contribution in [-0.2, 0) is 16.1 Å². The summed E-state index contributed by atoms with van der Waals surface area (Å²) in [6.45, 7) is 0.353. The lowest BCUT2D eigenvalue weighted by Crippen LogP contribution is -2.57. The number of nitrogens with zero attached hydrogens (tertiary/aromatic N) is 2. The Morgan fingerprint density at radius 1 is 0.968 bits per heavy atom. The van der Waals surface area contributed by atoms with Gasteiger partial charge in [-0.25, -0.2) is 4.39 Å². The average molecular weight is 425 g/mol. The zero-order valence-corrected chi connectivity index (χ0v) is 17.9. The van der Waals surface area contributed by atoms with Gasteiger partial charge in [-0.15, -0.1) is 0 Å². The normalized spacial score (nSPS) is 20.6. The standard InChI is InChI=1S/C25H29FN2O3/c1-31-22-11-7-6-8-19(22)16-28-23(29)17-27(21-9-4-2-3-5-10-21)25(30)24(28)18-12-14-20(26)15-13-18/h6-8,11-15,21,24H,2-5,9-10,16-17H2,1H3/t24-/m1/s1. The Bertz CT molecular complexity index is 923. The molecule has 0 N–H and O–H groups in total. The smallest absolute Gasteiger partial charge is 0.250 e. The number of carbonyl (C=O) groups is 2. The van der Waals surface area contributed by atoms with E-state index < -0.39 is 6.04 Å². The first-order chi connectivity index (χ1) is 15.1. The lowest BCUT2D eigenvalue weighted by atomic mass is 9.97. The molecule has 1 saturated heterocycles. The Kier molecular flexibility index (Phi) is 6.54. The van der Waals surface area contributed by atoms with E-state index >= 15 is 0 Å². The number of piperazine rings is 1. The first-order valence-electron chi connectivity index (χ1n) is 11.1. The molecule has 2 aromatic carbocycles. The van der Waals surface area contributed by atoms with Gasteiger partial charge < -0.3 is 14.5 Å². The SMILES string of the molecule is COc1ccccc1CN1C(=O)CN(C2CCCCCC2)C(=O)[C@H]1c1ccc(F)cc1. The maximum absolute atomic E-state index is 13.7. The topological polar surface area (TPSA) is 49.9 Å². The summed E-state index contributed by atoms with van der Waals surface area (Å²) in [5.74, 6) is 0.138. The van der Waals surface area contributed by atoms with Crippen molar-refractivity contribution >= 4 is 11.8 Å². The molecule has 2 aliphatic rings. The van der Waals surface area contributed by atoms with Crippen molar-refractivity contribution < 1.29 is 18.7 Å². The second kappa shape index (κ2) is 9.50. The Morgan fingerprint density at radius 3 is 2.32 bits per heavy atom. The molecular weight excluding hydrogens is 395 g/mol. The van der Waals surface area contributed by atoms with Crippen molar-refractivity contribution in [3.8, 4) is 5.75 Å². The third-order valence-corrected chi connectivity index (χ3v) is 6.44. The highest BCUT2D eigenvalue weighted by Gasteiger charge is 2.43. The van der Waals surface area contributed by atoms with E-state index in [0.717, 1.165) is 31.2 Å². The molecule has 0 bridgehead atoms. The predicted molar refractivity (Wildman–Crippen MR) is 116 cm³/mol. The summed E-state index contributed by atoms with van der Waals surface area (Å²) >= 11 is 0. The van der Waals surface area contributed by atoms with Crippen molar-refractivity contribution in [3.63, 3.8) is 0 Å². The third-order valence-electron chi connectivity index (χ3n) is 6.44. The van der Waals surface area contributed by atoms with Gasteiger partial charge in [0.25, 0.3) is 5.91 Å². The number of rotatable bonds is 5. The summed E-state index contributed by atoms with van der Waals surface area (Å²) in [4.78, 5) is 30.5. The first-order valence-corrected chi connectivity index (χ1v) is 11.1. The molecule has 6 heteroatoms. The highest BCUT2D eigenvalue weighted by atomic mass is 19.1. The van der Waals surface area contributed by atoms with Gasteiger partial charge in [-0.3, -0.25) is 9.59 Å². The van der Waals surface area contributed by atoms with E-state index in [0.29, 0.717) is 11.3 Å². The summed E-state index contributed by atoms with van der Waals surface area (Å²) in [5, 5.41) is 0. The molecule has 164 valence electrons. The monoisotopic (exact) mass is 424 g/mol. The fourth-order valence-corrected chi connectivity index (χ4v) is 4.79. The van der Waals surface area contributed by atoms with Gasteiger partial charge in [-0.05, 0) is 36.6 Å². The van der Waals surface area contributed by atoms with Gasteiger partial charge in [0.1, 0.15) is 24.2 Å². The van der Waals surface area contributed by atoms with Crippen molar-refractivity contribution in [1.29, 1.82) is 0 Å². The number of ether oxygens (including phenoxy) is 1. The summed E-state index contributed by atoms with van der Waals surface area (Å²) in [7, 11) is 1.59. The number of amides is 2. The summed E-state index contributed by atoms with van der Waals surface area (Å²) in [6.07, 6.45) is 6.37. The predicted octanol–water partition coefficient (Wildman–Crippen LogP) is 4.47. The molecular formula is C25H29FN2O3. The van der Waals surface area contributed by atoms with Crippen LogP contribution in [0.25, 0.3) is 0 Å². The molecule has 1 atom stereocenters. The van der Waals surface area contributed by atoms with Gasteiger partial charge in [0, 0.05) is 11.6 Å². The molecule has 0 radical (unpaired) electrons. The summed E-state index contributed by atoms with van der Waals surface area (Å²) < 4.78 is 19.0. The van der Waals surface area contributed by atoms with Gasteiger partial charge in [0.15, 0.2) is 0 Å². The fourth-order valence-electron chi connectivity index (χ4n) is 4.79. The highest BCUT2D eigenvalue weighted by molar-refractivity contribution is 5.95. The van der Waals surface area contributed by atoms with Gasteiger partial charge >= 0.3 is 0 Å². The molecule has 0 aromatic heterocycles. The maximum atomic E-state index is 13.7. The van der Waals surface area contributed by atoms with E-state index in [2.05, 4.69) is 0 Å². The molecule has 1 saturated carbocycles. The number of hydrogen-bond acceptors (Lipinski definition) is 3. The Morgan fingerprint density at radius 2 is 1.65 bits per heavy atom. The minimum absolute atomic E-state index is 0.0759. The average Bonchev–Trinajstić information content (AvgIpc) is 3.07. The first kappa shape index (κ1) is 21.3. The van der Waals surface area contributed by atoms with Crippen LogP contribution in [0.4, 0.5) is 4.39 Å². The van der Waals surface area contributed by atoms with Crippen LogP contribution in [0, 0.1) is 5.82 Å². The van der Waals surface area contributed by atoms with Gasteiger partial charge in [-0.1, -0.05) is 56.0 Å². The minimum atomic E-state index is -0.769. The molecule has 1 aliphatic carbocycles. The molecule has 31 heavy (non-hydrogen) atoms. The van der Waals surface area contributed by atoms with E-state index in [1.54, 1.807) is 29.0 Å². The van der Waals surface area contributed by atoms with Crippen molar-refractivity contribution in [2.45, 2.75) is 57.2 Å². The van der Waals surface area contributed by atoms with Crippen LogP contribution in [0.3, 0.4) is 0 Å². The van der Waals surface area contributed by atoms with Crippen LogP contribution in [0.5, 0.6) is 5.75 Å². The van der Waals surface area contributed by atoms with E-state index in [1.165, 1.54) is 25.0 Å². The van der Waals surface area contributed by atoms with Gasteiger partial charge in [0.05, 0.1) is 13.7 Å². The van der Waals surface area contributed by atoms with Crippen LogP contribution in [0.2, 0.25) is 0 Å². The number of para-hydroxylation sites is 1. The van der Waals surface area contributed by atoms with Crippen LogP contribution in [0.1, 0.15) is 55.7 Å². The molecule has 4 rings (SSSR count). The van der Waals surface area contributed by atoms with Crippen LogP contribution < -0.4 is 4.74 Å². The van der Waals surface area contributed by atoms with Crippen molar-refractivity contribution in [2.75, 3.05) is 13.7 Å². The van der Waals surface area contributed by atoms with Crippen LogP contribution in [0.15, 0.2) is 48.5 Å². The largest absolute Gasteiger partial charge is 0.496 e. The highest BCUT2D eigenvalue weighted by Crippen LogP contribution is 2.34. The quantitative estimate of drug-likeness (QED) is 0.666. The van der Waals surface area contributed by atoms with Crippen molar-refractivity contribution in [2.24, 2.45) is 0 Å². The number of carbonyl (C=O) groups excluding carboxylic acids is 2. The van der Waals surface area contributed by atoms with E-state index in [4.69, 9.17) is 4.74 Å².